The van der Waals surface area contributed by atoms with Gasteiger partial charge >= 0.3 is 12.1 Å². The summed E-state index contributed by atoms with van der Waals surface area (Å²) in [6.07, 6.45) is -2.95. The van der Waals surface area contributed by atoms with E-state index < -0.39 is 36.1 Å². The summed E-state index contributed by atoms with van der Waals surface area (Å²) in [7, 11) is 0. The standard InChI is InChI=1S/C18H18ClF3N2O3/c1-10(2)16(17(26)27-9-15(25)14-4-3-7-23-14)24-13-6-5-11(8-12(13)19)18(20,21)22/h3-8,10,16,23-24H,9H2,1-2H3/t16-/m0/s1. The molecule has 0 saturated carbocycles. The molecule has 0 spiro atoms. The summed E-state index contributed by atoms with van der Waals surface area (Å²) >= 11 is 5.91. The van der Waals surface area contributed by atoms with Crippen molar-refractivity contribution in [2.24, 2.45) is 5.92 Å². The summed E-state index contributed by atoms with van der Waals surface area (Å²) < 4.78 is 43.2. The van der Waals surface area contributed by atoms with Gasteiger partial charge in [-0.1, -0.05) is 25.4 Å². The second-order valence-corrected chi connectivity index (χ2v) is 6.58. The minimum Gasteiger partial charge on any atom is -0.456 e. The van der Waals surface area contributed by atoms with Gasteiger partial charge in [0.15, 0.2) is 6.61 Å². The fraction of sp³-hybridized carbons (Fsp3) is 0.333. The molecule has 0 bridgehead atoms. The highest BCUT2D eigenvalue weighted by atomic mass is 35.5. The lowest BCUT2D eigenvalue weighted by molar-refractivity contribution is -0.144. The lowest BCUT2D eigenvalue weighted by Crippen LogP contribution is -2.37. The van der Waals surface area contributed by atoms with Crippen molar-refractivity contribution in [3.05, 3.63) is 52.8 Å². The van der Waals surface area contributed by atoms with E-state index in [9.17, 15) is 22.8 Å². The lowest BCUT2D eigenvalue weighted by Gasteiger charge is -2.22. The summed E-state index contributed by atoms with van der Waals surface area (Å²) in [5, 5.41) is 2.62. The number of H-pyrrole nitrogens is 1. The van der Waals surface area contributed by atoms with Crippen molar-refractivity contribution in [2.45, 2.75) is 26.1 Å². The number of carbonyl (C=O) groups is 2. The second kappa shape index (κ2) is 8.47. The molecule has 1 atom stereocenters. The van der Waals surface area contributed by atoms with Gasteiger partial charge in [-0.2, -0.15) is 13.2 Å². The zero-order chi connectivity index (χ0) is 20.2. The number of aromatic amines is 1. The minimum atomic E-state index is -4.52. The van der Waals surface area contributed by atoms with Crippen LogP contribution in [-0.2, 0) is 15.7 Å². The molecular formula is C18H18ClF3N2O3. The van der Waals surface area contributed by atoms with Gasteiger partial charge < -0.3 is 15.0 Å². The van der Waals surface area contributed by atoms with Crippen LogP contribution in [0.15, 0.2) is 36.5 Å². The Hall–Kier alpha value is -2.48. The predicted molar refractivity (Wildman–Crippen MR) is 94.8 cm³/mol. The fourth-order valence-corrected chi connectivity index (χ4v) is 2.52. The number of rotatable bonds is 7. The number of halogens is 4. The molecule has 0 aliphatic rings. The van der Waals surface area contributed by atoms with Crippen LogP contribution in [0.5, 0.6) is 0 Å². The zero-order valence-electron chi connectivity index (χ0n) is 14.6. The Labute approximate surface area is 158 Å². The van der Waals surface area contributed by atoms with E-state index in [1.54, 1.807) is 32.2 Å². The van der Waals surface area contributed by atoms with Gasteiger partial charge in [0.05, 0.1) is 22.0 Å². The first-order valence-electron chi connectivity index (χ1n) is 8.06. The molecule has 2 rings (SSSR count). The van der Waals surface area contributed by atoms with Crippen molar-refractivity contribution >= 4 is 29.0 Å². The third-order valence-corrected chi connectivity index (χ3v) is 4.08. The summed E-state index contributed by atoms with van der Waals surface area (Å²) in [4.78, 5) is 26.9. The number of hydrogen-bond acceptors (Lipinski definition) is 4. The Balaban J connectivity index is 2.06. The van der Waals surface area contributed by atoms with E-state index in [0.717, 1.165) is 18.2 Å². The van der Waals surface area contributed by atoms with E-state index >= 15 is 0 Å². The van der Waals surface area contributed by atoms with Gasteiger partial charge in [-0.05, 0) is 36.2 Å². The summed E-state index contributed by atoms with van der Waals surface area (Å²) in [5.41, 5.74) is -0.420. The molecule has 27 heavy (non-hydrogen) atoms. The van der Waals surface area contributed by atoms with E-state index in [4.69, 9.17) is 16.3 Å². The van der Waals surface area contributed by atoms with Crippen LogP contribution in [-0.4, -0.2) is 29.4 Å². The topological polar surface area (TPSA) is 71.2 Å². The largest absolute Gasteiger partial charge is 0.456 e. The number of alkyl halides is 3. The van der Waals surface area contributed by atoms with Gasteiger partial charge in [0.1, 0.15) is 6.04 Å². The van der Waals surface area contributed by atoms with Crippen molar-refractivity contribution in [2.75, 3.05) is 11.9 Å². The molecule has 0 fully saturated rings. The zero-order valence-corrected chi connectivity index (χ0v) is 15.3. The molecular weight excluding hydrogens is 385 g/mol. The first-order valence-corrected chi connectivity index (χ1v) is 8.44. The number of nitrogens with one attached hydrogen (secondary N) is 2. The first kappa shape index (κ1) is 20.8. The number of anilines is 1. The number of esters is 1. The van der Waals surface area contributed by atoms with Crippen molar-refractivity contribution in [1.82, 2.24) is 4.98 Å². The van der Waals surface area contributed by atoms with Crippen LogP contribution in [0.3, 0.4) is 0 Å². The Kier molecular flexibility index (Phi) is 6.54. The van der Waals surface area contributed by atoms with E-state index in [-0.39, 0.29) is 16.6 Å². The Morgan fingerprint density at radius 1 is 1.26 bits per heavy atom. The molecule has 0 saturated heterocycles. The van der Waals surface area contributed by atoms with Crippen LogP contribution in [0.4, 0.5) is 18.9 Å². The quantitative estimate of drug-likeness (QED) is 0.526. The van der Waals surface area contributed by atoms with Gasteiger partial charge in [0, 0.05) is 6.20 Å². The molecule has 5 nitrogen and oxygen atoms in total. The average molecular weight is 403 g/mol. The third kappa shape index (κ3) is 5.50. The van der Waals surface area contributed by atoms with Crippen molar-refractivity contribution < 1.29 is 27.5 Å². The second-order valence-electron chi connectivity index (χ2n) is 6.17. The van der Waals surface area contributed by atoms with Crippen LogP contribution in [0, 0.1) is 5.92 Å². The number of ether oxygens (including phenoxy) is 1. The molecule has 2 aromatic rings. The number of carbonyl (C=O) groups excluding carboxylic acids is 2. The maximum atomic E-state index is 12.7. The van der Waals surface area contributed by atoms with E-state index in [1.165, 1.54) is 0 Å². The highest BCUT2D eigenvalue weighted by Crippen LogP contribution is 2.34. The SMILES string of the molecule is CC(C)[C@H](Nc1ccc(C(F)(F)F)cc1Cl)C(=O)OCC(=O)c1ccc[nH]1. The van der Waals surface area contributed by atoms with Crippen molar-refractivity contribution in [1.29, 1.82) is 0 Å². The first-order chi connectivity index (χ1) is 12.6. The molecule has 146 valence electrons. The van der Waals surface area contributed by atoms with Gasteiger partial charge in [0.25, 0.3) is 0 Å². The number of hydrogen-bond donors (Lipinski definition) is 2. The Bertz CT molecular complexity index is 805. The van der Waals surface area contributed by atoms with E-state index in [1.807, 2.05) is 0 Å². The Morgan fingerprint density at radius 2 is 1.96 bits per heavy atom. The maximum Gasteiger partial charge on any atom is 0.416 e. The lowest BCUT2D eigenvalue weighted by atomic mass is 10.0. The summed E-state index contributed by atoms with van der Waals surface area (Å²) in [5.74, 6) is -1.37. The van der Waals surface area contributed by atoms with Crippen molar-refractivity contribution in [3.8, 4) is 0 Å². The molecule has 0 radical (unpaired) electrons. The number of ketones is 1. The predicted octanol–water partition coefficient (Wildman–Crippen LogP) is 4.55. The molecule has 0 amide bonds. The van der Waals surface area contributed by atoms with Crippen LogP contribution in [0.2, 0.25) is 5.02 Å². The van der Waals surface area contributed by atoms with E-state index in [2.05, 4.69) is 10.3 Å². The number of benzene rings is 1. The van der Waals surface area contributed by atoms with Crippen LogP contribution in [0.25, 0.3) is 0 Å². The highest BCUT2D eigenvalue weighted by Gasteiger charge is 2.31. The van der Waals surface area contributed by atoms with Gasteiger partial charge in [-0.3, -0.25) is 4.79 Å². The van der Waals surface area contributed by atoms with Gasteiger partial charge in [-0.25, -0.2) is 4.79 Å². The molecule has 2 N–H and O–H groups in total. The molecule has 0 aliphatic heterocycles. The summed E-state index contributed by atoms with van der Waals surface area (Å²) in [6.45, 7) is 3.00. The number of Topliss-reactive ketones (excluding diaryl/α,β-unsaturated/α-hetero) is 1. The maximum absolute atomic E-state index is 12.7. The van der Waals surface area contributed by atoms with Crippen LogP contribution in [0.1, 0.15) is 29.9 Å². The Morgan fingerprint density at radius 3 is 2.48 bits per heavy atom. The van der Waals surface area contributed by atoms with Gasteiger partial charge in [0.2, 0.25) is 5.78 Å². The number of aromatic nitrogens is 1. The van der Waals surface area contributed by atoms with E-state index in [0.29, 0.717) is 5.69 Å². The highest BCUT2D eigenvalue weighted by molar-refractivity contribution is 6.33. The monoisotopic (exact) mass is 402 g/mol. The summed E-state index contributed by atoms with van der Waals surface area (Å²) in [6, 6.07) is 5.09. The minimum absolute atomic E-state index is 0.163. The molecule has 9 heteroatoms. The third-order valence-electron chi connectivity index (χ3n) is 3.77. The smallest absolute Gasteiger partial charge is 0.416 e. The van der Waals surface area contributed by atoms with Crippen molar-refractivity contribution in [3.63, 3.8) is 0 Å². The molecule has 0 aliphatic carbocycles. The fourth-order valence-electron chi connectivity index (χ4n) is 2.28. The van der Waals surface area contributed by atoms with Gasteiger partial charge in [-0.15, -0.1) is 0 Å². The molecule has 1 aromatic carbocycles. The normalized spacial score (nSPS) is 12.7. The average Bonchev–Trinajstić information content (AvgIpc) is 3.11. The molecule has 1 heterocycles. The molecule has 1 aromatic heterocycles. The van der Waals surface area contributed by atoms with Crippen LogP contribution >= 0.6 is 11.6 Å². The van der Waals surface area contributed by atoms with Crippen LogP contribution < -0.4 is 5.32 Å². The molecule has 0 unspecified atom stereocenters.